The Morgan fingerprint density at radius 2 is 1.72 bits per heavy atom. The van der Waals surface area contributed by atoms with Gasteiger partial charge in [0, 0.05) is 31.2 Å². The van der Waals surface area contributed by atoms with Gasteiger partial charge in [0.15, 0.2) is 0 Å². The zero-order valence-corrected chi connectivity index (χ0v) is 20.4. The molecule has 0 unspecified atom stereocenters. The minimum absolute atomic E-state index is 0.198. The second-order valence-electron chi connectivity index (χ2n) is 8.66. The Kier molecular flexibility index (Phi) is 10.8. The van der Waals surface area contributed by atoms with Gasteiger partial charge in [0.1, 0.15) is 18.6 Å². The van der Waals surface area contributed by atoms with Crippen LogP contribution in [0, 0.1) is 5.92 Å². The third-order valence-electron chi connectivity index (χ3n) is 5.49. The summed E-state index contributed by atoms with van der Waals surface area (Å²) in [5.41, 5.74) is 0.198. The number of carbonyl (C=O) groups excluding carboxylic acids is 2. The van der Waals surface area contributed by atoms with Crippen LogP contribution < -0.4 is 10.1 Å². The molecule has 13 heteroatoms. The number of benzene rings is 1. The third kappa shape index (κ3) is 9.19. The molecule has 0 radical (unpaired) electrons. The zero-order chi connectivity index (χ0) is 26.9. The highest BCUT2D eigenvalue weighted by atomic mass is 19.4. The summed E-state index contributed by atoms with van der Waals surface area (Å²) in [5.74, 6) is -1.41. The summed E-state index contributed by atoms with van der Waals surface area (Å²) in [7, 11) is 0. The molecule has 36 heavy (non-hydrogen) atoms. The summed E-state index contributed by atoms with van der Waals surface area (Å²) in [6.45, 7) is 8.10. The molecule has 0 aromatic heterocycles. The number of amides is 3. The van der Waals surface area contributed by atoms with Crippen LogP contribution in [0.5, 0.6) is 5.75 Å². The summed E-state index contributed by atoms with van der Waals surface area (Å²) in [4.78, 5) is 39.4. The Morgan fingerprint density at radius 3 is 2.14 bits per heavy atom. The van der Waals surface area contributed by atoms with Gasteiger partial charge in [-0.25, -0.2) is 4.79 Å². The maximum atomic E-state index is 12.7. The minimum atomic E-state index is -4.81. The molecule has 1 aromatic rings. The van der Waals surface area contributed by atoms with Crippen LogP contribution in [0.2, 0.25) is 0 Å². The van der Waals surface area contributed by atoms with Crippen molar-refractivity contribution in [3.05, 3.63) is 29.8 Å². The number of hydrogen-bond acceptors (Lipinski definition) is 6. The number of carboxylic acid groups (broad SMARTS) is 1. The molecule has 2 fully saturated rings. The van der Waals surface area contributed by atoms with E-state index in [-0.39, 0.29) is 49.0 Å². The maximum absolute atomic E-state index is 12.7. The van der Waals surface area contributed by atoms with Gasteiger partial charge >= 0.3 is 12.5 Å². The van der Waals surface area contributed by atoms with Crippen molar-refractivity contribution >= 4 is 17.9 Å². The Hall–Kier alpha value is -3.06. The van der Waals surface area contributed by atoms with Gasteiger partial charge < -0.3 is 34.4 Å². The number of nitrogens with one attached hydrogen (secondary N) is 1. The second kappa shape index (κ2) is 13.3. The molecule has 3 amide bonds. The van der Waals surface area contributed by atoms with Gasteiger partial charge in [-0.2, -0.15) is 0 Å². The Morgan fingerprint density at radius 1 is 1.11 bits per heavy atom. The van der Waals surface area contributed by atoms with Crippen molar-refractivity contribution in [2.75, 3.05) is 39.6 Å². The number of nitrogens with zero attached hydrogens (tertiary/aromatic N) is 2. The van der Waals surface area contributed by atoms with Crippen LogP contribution in [0.3, 0.4) is 0 Å². The molecule has 2 N–H and O–H groups in total. The summed E-state index contributed by atoms with van der Waals surface area (Å²) >= 11 is 0. The SMILES string of the molecule is C1COCOC1.CC(C)[C@H](NC(=O)O)C(=O)N1CCN(C(=O)c2ccc(OC(F)(F)F)cc2)[C@H](C)C1. The van der Waals surface area contributed by atoms with Gasteiger partial charge in [-0.05, 0) is 43.5 Å². The van der Waals surface area contributed by atoms with Crippen LogP contribution in [0.1, 0.15) is 37.6 Å². The summed E-state index contributed by atoms with van der Waals surface area (Å²) in [6, 6.07) is 3.38. The highest BCUT2D eigenvalue weighted by molar-refractivity contribution is 5.95. The van der Waals surface area contributed by atoms with Crippen molar-refractivity contribution < 1.29 is 46.9 Å². The van der Waals surface area contributed by atoms with E-state index in [2.05, 4.69) is 10.1 Å². The highest BCUT2D eigenvalue weighted by Crippen LogP contribution is 2.24. The molecule has 10 nitrogen and oxygen atoms in total. The number of halogens is 3. The van der Waals surface area contributed by atoms with Crippen LogP contribution in [0.15, 0.2) is 24.3 Å². The van der Waals surface area contributed by atoms with E-state index < -0.39 is 24.2 Å². The van der Waals surface area contributed by atoms with Gasteiger partial charge in [0.25, 0.3) is 5.91 Å². The monoisotopic (exact) mass is 519 g/mol. The minimum Gasteiger partial charge on any atom is -0.465 e. The molecule has 3 rings (SSSR count). The molecular formula is C23H32F3N3O7. The number of alkyl halides is 3. The third-order valence-corrected chi connectivity index (χ3v) is 5.49. The Bertz CT molecular complexity index is 865. The van der Waals surface area contributed by atoms with Crippen molar-refractivity contribution in [2.24, 2.45) is 5.92 Å². The standard InChI is InChI=1S/C19H24F3N3O5.C4H8O2/c1-11(2)15(23-18(28)29)17(27)24-8-9-25(12(3)10-24)16(26)13-4-6-14(7-5-13)30-19(20,21)22;1-2-5-4-6-3-1/h4-7,11-12,15,23H,8-10H2,1-3H3,(H,28,29);1-4H2/t12-,15+;/m1./s1. The molecule has 2 aliphatic rings. The average Bonchev–Trinajstić information content (AvgIpc) is 2.82. The Labute approximate surface area is 207 Å². The fourth-order valence-electron chi connectivity index (χ4n) is 3.71. The van der Waals surface area contributed by atoms with E-state index in [1.165, 1.54) is 21.9 Å². The van der Waals surface area contributed by atoms with E-state index in [0.717, 1.165) is 31.8 Å². The zero-order valence-electron chi connectivity index (χ0n) is 20.4. The molecular weight excluding hydrogens is 487 g/mol. The lowest BCUT2D eigenvalue weighted by Gasteiger charge is -2.41. The van der Waals surface area contributed by atoms with Gasteiger partial charge in [0.2, 0.25) is 5.91 Å². The number of carbonyl (C=O) groups is 3. The number of hydrogen-bond donors (Lipinski definition) is 2. The fourth-order valence-corrected chi connectivity index (χ4v) is 3.71. The van der Waals surface area contributed by atoms with E-state index in [1.807, 2.05) is 0 Å². The van der Waals surface area contributed by atoms with E-state index in [4.69, 9.17) is 14.6 Å². The molecule has 0 saturated carbocycles. The van der Waals surface area contributed by atoms with Gasteiger partial charge in [0.05, 0.1) is 13.2 Å². The van der Waals surface area contributed by atoms with Crippen LogP contribution in [0.25, 0.3) is 0 Å². The number of ether oxygens (including phenoxy) is 3. The van der Waals surface area contributed by atoms with Crippen molar-refractivity contribution in [2.45, 2.75) is 45.6 Å². The number of piperazine rings is 1. The summed E-state index contributed by atoms with van der Waals surface area (Å²) < 4.78 is 50.3. The first kappa shape index (κ1) is 29.2. The summed E-state index contributed by atoms with van der Waals surface area (Å²) in [5, 5.41) is 11.2. The molecule has 202 valence electrons. The lowest BCUT2D eigenvalue weighted by molar-refractivity contribution is -0.274. The van der Waals surface area contributed by atoms with Gasteiger partial charge in [-0.3, -0.25) is 9.59 Å². The van der Waals surface area contributed by atoms with Crippen LogP contribution in [-0.4, -0.2) is 90.9 Å². The lowest BCUT2D eigenvalue weighted by atomic mass is 10.0. The van der Waals surface area contributed by atoms with Gasteiger partial charge in [-0.1, -0.05) is 13.8 Å². The van der Waals surface area contributed by atoms with Crippen molar-refractivity contribution in [1.82, 2.24) is 15.1 Å². The van der Waals surface area contributed by atoms with E-state index in [9.17, 15) is 27.6 Å². The first-order valence-corrected chi connectivity index (χ1v) is 11.5. The number of rotatable bonds is 5. The molecule has 2 atom stereocenters. The van der Waals surface area contributed by atoms with Crippen LogP contribution in [-0.2, 0) is 14.3 Å². The smallest absolute Gasteiger partial charge is 0.465 e. The van der Waals surface area contributed by atoms with Gasteiger partial charge in [-0.15, -0.1) is 13.2 Å². The van der Waals surface area contributed by atoms with E-state index in [0.29, 0.717) is 6.79 Å². The molecule has 0 bridgehead atoms. The molecule has 0 aliphatic carbocycles. The topological polar surface area (TPSA) is 118 Å². The lowest BCUT2D eigenvalue weighted by Crippen LogP contribution is -2.59. The Balaban J connectivity index is 0.000000662. The molecule has 1 aromatic carbocycles. The molecule has 2 heterocycles. The van der Waals surface area contributed by atoms with Crippen molar-refractivity contribution in [1.29, 1.82) is 0 Å². The average molecular weight is 520 g/mol. The van der Waals surface area contributed by atoms with E-state index in [1.54, 1.807) is 20.8 Å². The fraction of sp³-hybridized carbons (Fsp3) is 0.609. The predicted molar refractivity (Wildman–Crippen MR) is 121 cm³/mol. The predicted octanol–water partition coefficient (Wildman–Crippen LogP) is 2.93. The first-order chi connectivity index (χ1) is 16.9. The van der Waals surface area contributed by atoms with Crippen LogP contribution >= 0.6 is 0 Å². The quantitative estimate of drug-likeness (QED) is 0.614. The normalized spacial score (nSPS) is 19.1. The summed E-state index contributed by atoms with van der Waals surface area (Å²) in [6.07, 6.45) is -5.05. The second-order valence-corrected chi connectivity index (χ2v) is 8.66. The maximum Gasteiger partial charge on any atom is 0.573 e. The molecule has 0 spiro atoms. The van der Waals surface area contributed by atoms with Crippen molar-refractivity contribution in [3.8, 4) is 5.75 Å². The highest BCUT2D eigenvalue weighted by Gasteiger charge is 2.35. The molecule has 2 saturated heterocycles. The largest absolute Gasteiger partial charge is 0.573 e. The first-order valence-electron chi connectivity index (χ1n) is 11.5. The van der Waals surface area contributed by atoms with E-state index >= 15 is 0 Å². The molecule has 2 aliphatic heterocycles. The van der Waals surface area contributed by atoms with Crippen LogP contribution in [0.4, 0.5) is 18.0 Å². The van der Waals surface area contributed by atoms with Crippen molar-refractivity contribution in [3.63, 3.8) is 0 Å².